The maximum absolute atomic E-state index is 13.3. The number of amides is 1. The number of rotatable bonds is 6. The van der Waals surface area contributed by atoms with Crippen LogP contribution in [-0.2, 0) is 10.0 Å². The number of hydrogen-bond donors (Lipinski definition) is 2. The van der Waals surface area contributed by atoms with Crippen LogP contribution in [0.4, 0.5) is 0 Å². The van der Waals surface area contributed by atoms with Crippen molar-refractivity contribution in [1.82, 2.24) is 14.6 Å². The van der Waals surface area contributed by atoms with Gasteiger partial charge in [0, 0.05) is 36.1 Å². The lowest BCUT2D eigenvalue weighted by Gasteiger charge is -2.32. The summed E-state index contributed by atoms with van der Waals surface area (Å²) in [5.74, 6) is -0.363. The van der Waals surface area contributed by atoms with Crippen LogP contribution in [0.5, 0.6) is 0 Å². The molecule has 1 saturated heterocycles. The summed E-state index contributed by atoms with van der Waals surface area (Å²) < 4.78 is 28.1. The second-order valence-corrected chi connectivity index (χ2v) is 10.7. The summed E-state index contributed by atoms with van der Waals surface area (Å²) in [6.07, 6.45) is 10.3. The van der Waals surface area contributed by atoms with E-state index in [0.29, 0.717) is 24.0 Å². The Kier molecular flexibility index (Phi) is 6.81. The molecule has 8 heteroatoms. The van der Waals surface area contributed by atoms with Gasteiger partial charge in [-0.2, -0.15) is 4.31 Å². The minimum Gasteiger partial charge on any atom is -0.352 e. The number of hydrogen-bond acceptors (Lipinski definition) is 4. The molecule has 7 nitrogen and oxygen atoms in total. The van der Waals surface area contributed by atoms with E-state index in [-0.39, 0.29) is 22.4 Å². The summed E-state index contributed by atoms with van der Waals surface area (Å²) in [6.45, 7) is 2.91. The highest BCUT2D eigenvalue weighted by Gasteiger charge is 2.31. The summed E-state index contributed by atoms with van der Waals surface area (Å²) >= 11 is 0. The molecule has 1 unspecified atom stereocenters. The Labute approximate surface area is 188 Å². The number of sulfonamides is 1. The van der Waals surface area contributed by atoms with E-state index in [4.69, 9.17) is 0 Å². The number of nitrogens with one attached hydrogen (secondary N) is 2. The quantitative estimate of drug-likeness (QED) is 0.646. The molecule has 0 saturated carbocycles. The molecular weight excluding hydrogens is 426 g/mol. The van der Waals surface area contributed by atoms with Crippen molar-refractivity contribution in [3.05, 3.63) is 51.8 Å². The Morgan fingerprint density at radius 1 is 1.19 bits per heavy atom. The Morgan fingerprint density at radius 2 is 2.03 bits per heavy atom. The molecule has 0 spiro atoms. The fourth-order valence-electron chi connectivity index (χ4n) is 4.71. The van der Waals surface area contributed by atoms with Gasteiger partial charge >= 0.3 is 0 Å². The van der Waals surface area contributed by atoms with E-state index in [0.717, 1.165) is 38.5 Å². The Balaban J connectivity index is 1.61. The lowest BCUT2D eigenvalue weighted by molar-refractivity contribution is 0.0955. The number of fused-ring (bicyclic) bond motifs is 1. The average Bonchev–Trinajstić information content (AvgIpc) is 2.79. The van der Waals surface area contributed by atoms with Crippen LogP contribution in [0.1, 0.15) is 68.6 Å². The molecule has 1 aliphatic carbocycles. The lowest BCUT2D eigenvalue weighted by atomic mass is 9.97. The third-order valence-electron chi connectivity index (χ3n) is 6.52. The maximum atomic E-state index is 13.3. The molecular formula is C24H31N3O4S. The van der Waals surface area contributed by atoms with Gasteiger partial charge in [0.25, 0.3) is 5.91 Å². The van der Waals surface area contributed by atoms with Crippen LogP contribution in [0, 0.1) is 0 Å². The van der Waals surface area contributed by atoms with E-state index in [1.807, 2.05) is 6.92 Å². The number of carbonyl (C=O) groups is 1. The predicted molar refractivity (Wildman–Crippen MR) is 125 cm³/mol. The van der Waals surface area contributed by atoms with Crippen LogP contribution >= 0.6 is 0 Å². The summed E-state index contributed by atoms with van der Waals surface area (Å²) in [5.41, 5.74) is 1.61. The summed E-state index contributed by atoms with van der Waals surface area (Å²) in [4.78, 5) is 27.9. The van der Waals surface area contributed by atoms with Gasteiger partial charge in [0.2, 0.25) is 15.6 Å². The van der Waals surface area contributed by atoms with E-state index in [2.05, 4.69) is 16.4 Å². The first kappa shape index (κ1) is 22.7. The normalized spacial score (nSPS) is 20.2. The van der Waals surface area contributed by atoms with Gasteiger partial charge in [-0.15, -0.1) is 0 Å². The van der Waals surface area contributed by atoms with Crippen LogP contribution < -0.4 is 10.9 Å². The number of allylic oxidation sites excluding steroid dienone is 1. The van der Waals surface area contributed by atoms with Gasteiger partial charge in [-0.1, -0.05) is 18.1 Å². The van der Waals surface area contributed by atoms with Gasteiger partial charge in [0.15, 0.2) is 0 Å². The molecule has 4 rings (SSSR count). The third-order valence-corrected chi connectivity index (χ3v) is 8.53. The summed E-state index contributed by atoms with van der Waals surface area (Å²) in [7, 11) is -3.68. The minimum atomic E-state index is -3.68. The molecule has 1 aromatic heterocycles. The van der Waals surface area contributed by atoms with E-state index in [1.54, 1.807) is 10.4 Å². The molecule has 2 heterocycles. The number of piperidine rings is 1. The molecule has 0 bridgehead atoms. The number of benzene rings is 1. The van der Waals surface area contributed by atoms with Gasteiger partial charge in [-0.3, -0.25) is 9.59 Å². The van der Waals surface area contributed by atoms with E-state index < -0.39 is 15.6 Å². The number of aromatic amines is 1. The molecule has 0 radical (unpaired) electrons. The van der Waals surface area contributed by atoms with Crippen molar-refractivity contribution in [3.63, 3.8) is 0 Å². The van der Waals surface area contributed by atoms with E-state index in [9.17, 15) is 18.0 Å². The fourth-order valence-corrected chi connectivity index (χ4v) is 6.44. The SMILES string of the molecule is CC1CCCCN1S(=O)(=O)c1ccc2[nH]c(=O)cc(C(=O)NCCC3=CCCCC3)c2c1. The number of nitrogens with zero attached hydrogens (tertiary/aromatic N) is 1. The van der Waals surface area contributed by atoms with Crippen molar-refractivity contribution in [1.29, 1.82) is 0 Å². The maximum Gasteiger partial charge on any atom is 0.252 e. The van der Waals surface area contributed by atoms with Gasteiger partial charge in [-0.25, -0.2) is 8.42 Å². The largest absolute Gasteiger partial charge is 0.352 e. The molecule has 1 amide bonds. The zero-order chi connectivity index (χ0) is 22.7. The summed E-state index contributed by atoms with van der Waals surface area (Å²) in [6, 6.07) is 5.78. The van der Waals surface area contributed by atoms with Crippen molar-refractivity contribution in [2.24, 2.45) is 0 Å². The minimum absolute atomic E-state index is 0.0584. The fraction of sp³-hybridized carbons (Fsp3) is 0.500. The zero-order valence-corrected chi connectivity index (χ0v) is 19.3. The van der Waals surface area contributed by atoms with Gasteiger partial charge in [0.05, 0.1) is 10.5 Å². The molecule has 32 heavy (non-hydrogen) atoms. The Bertz CT molecular complexity index is 1200. The van der Waals surface area contributed by atoms with Gasteiger partial charge in [-0.05, 0) is 70.1 Å². The average molecular weight is 458 g/mol. The van der Waals surface area contributed by atoms with E-state index >= 15 is 0 Å². The monoisotopic (exact) mass is 457 g/mol. The second-order valence-electron chi connectivity index (χ2n) is 8.83. The zero-order valence-electron chi connectivity index (χ0n) is 18.5. The third kappa shape index (κ3) is 4.81. The lowest BCUT2D eigenvalue weighted by Crippen LogP contribution is -2.41. The molecule has 2 aliphatic rings. The molecule has 1 atom stereocenters. The van der Waals surface area contributed by atoms with Crippen LogP contribution in [-0.4, -0.2) is 42.7 Å². The molecule has 1 fully saturated rings. The number of H-pyrrole nitrogens is 1. The smallest absolute Gasteiger partial charge is 0.252 e. The number of aromatic nitrogens is 1. The highest BCUT2D eigenvalue weighted by atomic mass is 32.2. The molecule has 2 aromatic rings. The van der Waals surface area contributed by atoms with Crippen molar-refractivity contribution < 1.29 is 13.2 Å². The van der Waals surface area contributed by atoms with Crippen LogP contribution in [0.2, 0.25) is 0 Å². The number of pyridine rings is 1. The first-order valence-corrected chi connectivity index (χ1v) is 13.0. The molecule has 1 aliphatic heterocycles. The van der Waals surface area contributed by atoms with Gasteiger partial charge < -0.3 is 10.3 Å². The predicted octanol–water partition coefficient (Wildman–Crippen LogP) is 3.71. The second kappa shape index (κ2) is 9.58. The molecule has 2 N–H and O–H groups in total. The highest BCUT2D eigenvalue weighted by Crippen LogP contribution is 2.28. The van der Waals surface area contributed by atoms with Gasteiger partial charge in [0.1, 0.15) is 0 Å². The van der Waals surface area contributed by atoms with Crippen molar-refractivity contribution in [3.8, 4) is 0 Å². The van der Waals surface area contributed by atoms with E-state index in [1.165, 1.54) is 36.6 Å². The van der Waals surface area contributed by atoms with Crippen molar-refractivity contribution in [2.75, 3.05) is 13.1 Å². The van der Waals surface area contributed by atoms with Crippen molar-refractivity contribution >= 4 is 26.8 Å². The Hall–Kier alpha value is -2.45. The summed E-state index contributed by atoms with van der Waals surface area (Å²) in [5, 5.41) is 3.34. The molecule has 172 valence electrons. The van der Waals surface area contributed by atoms with Crippen molar-refractivity contribution in [2.45, 2.75) is 69.2 Å². The first-order valence-electron chi connectivity index (χ1n) is 11.5. The van der Waals surface area contributed by atoms with Crippen LogP contribution in [0.15, 0.2) is 45.6 Å². The first-order chi connectivity index (χ1) is 15.4. The Morgan fingerprint density at radius 3 is 2.78 bits per heavy atom. The topological polar surface area (TPSA) is 99.3 Å². The molecule has 1 aromatic carbocycles. The van der Waals surface area contributed by atoms with Crippen LogP contribution in [0.3, 0.4) is 0 Å². The highest BCUT2D eigenvalue weighted by molar-refractivity contribution is 7.89. The standard InChI is InChI=1S/C24H31N3O4S/c1-17-7-5-6-14-27(17)32(30,31)19-10-11-22-20(15-19)21(16-23(28)26-22)24(29)25-13-12-18-8-3-2-4-9-18/h8,10-11,15-17H,2-7,9,12-14H2,1H3,(H,25,29)(H,26,28). The van der Waals surface area contributed by atoms with Crippen LogP contribution in [0.25, 0.3) is 10.9 Å². The number of carbonyl (C=O) groups excluding carboxylic acids is 1.